The first kappa shape index (κ1) is 17.1. The molecule has 1 saturated heterocycles. The highest BCUT2D eigenvalue weighted by Crippen LogP contribution is 2.28. The Bertz CT molecular complexity index is 601. The molecule has 1 amide bonds. The summed E-state index contributed by atoms with van der Waals surface area (Å²) in [6.45, 7) is 5.19. The molecule has 5 heteroatoms. The van der Waals surface area contributed by atoms with Gasteiger partial charge in [0.2, 0.25) is 5.91 Å². The van der Waals surface area contributed by atoms with Crippen LogP contribution >= 0.6 is 0 Å². The molecule has 0 saturated carbocycles. The van der Waals surface area contributed by atoms with E-state index < -0.39 is 5.97 Å². The zero-order chi connectivity index (χ0) is 16.8. The molecule has 1 aromatic rings. The molecule has 1 fully saturated rings. The fourth-order valence-corrected chi connectivity index (χ4v) is 2.53. The molecule has 0 unspecified atom stereocenters. The van der Waals surface area contributed by atoms with E-state index in [1.165, 1.54) is 14.0 Å². The van der Waals surface area contributed by atoms with Crippen LogP contribution in [0.3, 0.4) is 0 Å². The zero-order valence-electron chi connectivity index (χ0n) is 13.9. The van der Waals surface area contributed by atoms with E-state index in [9.17, 15) is 9.59 Å². The van der Waals surface area contributed by atoms with Gasteiger partial charge in [-0.15, -0.1) is 0 Å². The zero-order valence-corrected chi connectivity index (χ0v) is 13.9. The third-order valence-corrected chi connectivity index (χ3v) is 3.96. The third-order valence-electron chi connectivity index (χ3n) is 3.96. The lowest BCUT2D eigenvalue weighted by Gasteiger charge is -2.29. The van der Waals surface area contributed by atoms with E-state index in [2.05, 4.69) is 6.92 Å². The van der Waals surface area contributed by atoms with Gasteiger partial charge in [-0.1, -0.05) is 13.0 Å². The molecule has 0 atom stereocenters. The molecule has 1 aromatic carbocycles. The fraction of sp³-hybridized carbons (Fsp3) is 0.444. The van der Waals surface area contributed by atoms with Gasteiger partial charge in [0, 0.05) is 26.1 Å². The molecule has 0 aromatic heterocycles. The molecule has 2 rings (SSSR count). The Morgan fingerprint density at radius 1 is 1.22 bits per heavy atom. The quantitative estimate of drug-likeness (QED) is 0.487. The Hall–Kier alpha value is -2.30. The Kier molecular flexibility index (Phi) is 5.79. The first-order chi connectivity index (χ1) is 11.0. The van der Waals surface area contributed by atoms with Crippen molar-refractivity contribution in [2.45, 2.75) is 26.7 Å². The second-order valence-electron chi connectivity index (χ2n) is 5.85. The van der Waals surface area contributed by atoms with Crippen LogP contribution in [0, 0.1) is 5.92 Å². The Morgan fingerprint density at radius 2 is 1.91 bits per heavy atom. The van der Waals surface area contributed by atoms with Crippen molar-refractivity contribution in [1.82, 2.24) is 4.90 Å². The minimum absolute atomic E-state index is 0.0277. The van der Waals surface area contributed by atoms with E-state index in [-0.39, 0.29) is 5.91 Å². The van der Waals surface area contributed by atoms with Gasteiger partial charge in [0.15, 0.2) is 11.5 Å². The maximum Gasteiger partial charge on any atom is 0.308 e. The van der Waals surface area contributed by atoms with Gasteiger partial charge in [0.25, 0.3) is 0 Å². The number of carbonyl (C=O) groups excluding carboxylic acids is 2. The lowest BCUT2D eigenvalue weighted by atomic mass is 9.99. The summed E-state index contributed by atoms with van der Waals surface area (Å²) in [5, 5.41) is 0. The van der Waals surface area contributed by atoms with Crippen molar-refractivity contribution in [3.05, 3.63) is 29.8 Å². The molecule has 0 radical (unpaired) electrons. The number of methoxy groups -OCH3 is 1. The second kappa shape index (κ2) is 7.81. The summed E-state index contributed by atoms with van der Waals surface area (Å²) in [6, 6.07) is 5.18. The SMILES string of the molecule is COc1cc(C=CC(=O)N2CCC(C)CC2)ccc1OC(C)=O. The summed E-state index contributed by atoms with van der Waals surface area (Å²) in [5.74, 6) is 1.15. The van der Waals surface area contributed by atoms with Crippen LogP contribution in [0.1, 0.15) is 32.3 Å². The number of piperidine rings is 1. The summed E-state index contributed by atoms with van der Waals surface area (Å²) in [6.07, 6.45) is 5.45. The Morgan fingerprint density at radius 3 is 2.52 bits per heavy atom. The normalized spacial score (nSPS) is 15.7. The van der Waals surface area contributed by atoms with E-state index in [0.717, 1.165) is 31.5 Å². The van der Waals surface area contributed by atoms with Crippen molar-refractivity contribution < 1.29 is 19.1 Å². The van der Waals surface area contributed by atoms with Gasteiger partial charge in [0.1, 0.15) is 0 Å². The number of rotatable bonds is 4. The summed E-state index contributed by atoms with van der Waals surface area (Å²) in [7, 11) is 1.51. The second-order valence-corrected chi connectivity index (χ2v) is 5.85. The molecule has 23 heavy (non-hydrogen) atoms. The fourth-order valence-electron chi connectivity index (χ4n) is 2.53. The first-order valence-electron chi connectivity index (χ1n) is 7.83. The van der Waals surface area contributed by atoms with Gasteiger partial charge in [-0.25, -0.2) is 0 Å². The van der Waals surface area contributed by atoms with Crippen LogP contribution in [0.5, 0.6) is 11.5 Å². The third kappa shape index (κ3) is 4.84. The van der Waals surface area contributed by atoms with Crippen molar-refractivity contribution >= 4 is 18.0 Å². The van der Waals surface area contributed by atoms with Gasteiger partial charge < -0.3 is 14.4 Å². The smallest absolute Gasteiger partial charge is 0.308 e. The molecule has 1 heterocycles. The topological polar surface area (TPSA) is 55.8 Å². The van der Waals surface area contributed by atoms with Gasteiger partial charge in [-0.05, 0) is 42.5 Å². The van der Waals surface area contributed by atoms with Crippen LogP contribution in [0.15, 0.2) is 24.3 Å². The Labute approximate surface area is 136 Å². The van der Waals surface area contributed by atoms with Gasteiger partial charge >= 0.3 is 5.97 Å². The minimum atomic E-state index is -0.402. The highest BCUT2D eigenvalue weighted by Gasteiger charge is 2.18. The highest BCUT2D eigenvalue weighted by molar-refractivity contribution is 5.92. The molecular formula is C18H23NO4. The molecule has 0 spiro atoms. The van der Waals surface area contributed by atoms with Crippen molar-refractivity contribution in [2.75, 3.05) is 20.2 Å². The number of likely N-dealkylation sites (tertiary alicyclic amines) is 1. The predicted octanol–water partition coefficient (Wildman–Crippen LogP) is 2.89. The molecule has 1 aliphatic rings. The van der Waals surface area contributed by atoms with Gasteiger partial charge in [-0.3, -0.25) is 9.59 Å². The number of esters is 1. The van der Waals surface area contributed by atoms with E-state index in [1.54, 1.807) is 30.4 Å². The van der Waals surface area contributed by atoms with Crippen molar-refractivity contribution in [1.29, 1.82) is 0 Å². The van der Waals surface area contributed by atoms with E-state index in [4.69, 9.17) is 9.47 Å². The molecule has 0 N–H and O–H groups in total. The number of benzene rings is 1. The molecule has 124 valence electrons. The van der Waals surface area contributed by atoms with Gasteiger partial charge in [0.05, 0.1) is 7.11 Å². The van der Waals surface area contributed by atoms with Gasteiger partial charge in [-0.2, -0.15) is 0 Å². The maximum atomic E-state index is 12.2. The minimum Gasteiger partial charge on any atom is -0.493 e. The molecule has 5 nitrogen and oxygen atoms in total. The van der Waals surface area contributed by atoms with Crippen molar-refractivity contribution in [3.8, 4) is 11.5 Å². The van der Waals surface area contributed by atoms with Crippen LogP contribution in [0.2, 0.25) is 0 Å². The summed E-state index contributed by atoms with van der Waals surface area (Å²) < 4.78 is 10.3. The van der Waals surface area contributed by atoms with E-state index in [1.807, 2.05) is 4.90 Å². The maximum absolute atomic E-state index is 12.2. The van der Waals surface area contributed by atoms with Crippen LogP contribution in [-0.4, -0.2) is 37.0 Å². The predicted molar refractivity (Wildman–Crippen MR) is 88.3 cm³/mol. The van der Waals surface area contributed by atoms with Crippen molar-refractivity contribution in [3.63, 3.8) is 0 Å². The lowest BCUT2D eigenvalue weighted by Crippen LogP contribution is -2.36. The lowest BCUT2D eigenvalue weighted by molar-refractivity contribution is -0.132. The number of hydrogen-bond acceptors (Lipinski definition) is 4. The standard InChI is InChI=1S/C18H23NO4/c1-13-8-10-19(11-9-13)18(21)7-5-15-4-6-16(23-14(2)20)17(12-15)22-3/h4-7,12-13H,8-11H2,1-3H3. The number of ether oxygens (including phenoxy) is 2. The average molecular weight is 317 g/mol. The number of carbonyl (C=O) groups is 2. The summed E-state index contributed by atoms with van der Waals surface area (Å²) in [5.41, 5.74) is 0.816. The largest absolute Gasteiger partial charge is 0.493 e. The number of nitrogens with zero attached hydrogens (tertiary/aromatic N) is 1. The molecule has 1 aliphatic heterocycles. The van der Waals surface area contributed by atoms with Crippen LogP contribution in [-0.2, 0) is 9.59 Å². The molecular weight excluding hydrogens is 294 g/mol. The Balaban J connectivity index is 2.04. The van der Waals surface area contributed by atoms with Crippen LogP contribution < -0.4 is 9.47 Å². The highest BCUT2D eigenvalue weighted by atomic mass is 16.6. The van der Waals surface area contributed by atoms with Crippen molar-refractivity contribution in [2.24, 2.45) is 5.92 Å². The summed E-state index contributed by atoms with van der Waals surface area (Å²) >= 11 is 0. The summed E-state index contributed by atoms with van der Waals surface area (Å²) in [4.78, 5) is 25.1. The number of hydrogen-bond donors (Lipinski definition) is 0. The van der Waals surface area contributed by atoms with Crippen LogP contribution in [0.25, 0.3) is 6.08 Å². The van der Waals surface area contributed by atoms with Crippen LogP contribution in [0.4, 0.5) is 0 Å². The monoisotopic (exact) mass is 317 g/mol. The molecule has 0 bridgehead atoms. The van der Waals surface area contributed by atoms with E-state index >= 15 is 0 Å². The number of amides is 1. The average Bonchev–Trinajstić information content (AvgIpc) is 2.53. The first-order valence-corrected chi connectivity index (χ1v) is 7.83. The molecule has 0 aliphatic carbocycles. The van der Waals surface area contributed by atoms with E-state index in [0.29, 0.717) is 17.4 Å².